The zero-order valence-corrected chi connectivity index (χ0v) is 15.1. The molecule has 1 fully saturated rings. The van der Waals surface area contributed by atoms with Crippen LogP contribution in [0.5, 0.6) is 0 Å². The van der Waals surface area contributed by atoms with E-state index in [2.05, 4.69) is 11.1 Å². The van der Waals surface area contributed by atoms with Gasteiger partial charge in [0, 0.05) is 26.2 Å². The highest BCUT2D eigenvalue weighted by atomic mass is 32.2. The number of hydrogen-bond acceptors (Lipinski definition) is 8. The Morgan fingerprint density at radius 1 is 1.44 bits per heavy atom. The molecule has 2 rings (SSSR count). The number of carbonyl (C=O) groups is 1. The first-order valence-corrected chi connectivity index (χ1v) is 8.96. The highest BCUT2D eigenvalue weighted by Gasteiger charge is 2.30. The average molecular weight is 365 g/mol. The fourth-order valence-electron chi connectivity index (χ4n) is 2.71. The maximum atomic E-state index is 11.8. The van der Waals surface area contributed by atoms with Gasteiger partial charge in [0.25, 0.3) is 0 Å². The number of rotatable bonds is 4. The molecule has 25 heavy (non-hydrogen) atoms. The molecule has 0 bridgehead atoms. The van der Waals surface area contributed by atoms with Gasteiger partial charge in [0.2, 0.25) is 0 Å². The lowest BCUT2D eigenvalue weighted by molar-refractivity contribution is -0.388. The topological polar surface area (TPSA) is 113 Å². The Kier molecular flexibility index (Phi) is 6.03. The predicted octanol–water partition coefficient (Wildman–Crippen LogP) is 2.17. The Hall–Kier alpha value is -2.54. The Morgan fingerprint density at radius 3 is 2.56 bits per heavy atom. The van der Waals surface area contributed by atoms with E-state index in [-0.39, 0.29) is 23.0 Å². The van der Waals surface area contributed by atoms with E-state index in [0.29, 0.717) is 43.5 Å². The number of ether oxygens (including phenoxy) is 1. The molecule has 1 aromatic heterocycles. The van der Waals surface area contributed by atoms with E-state index in [1.54, 1.807) is 25.0 Å². The van der Waals surface area contributed by atoms with Crippen LogP contribution in [0.2, 0.25) is 0 Å². The third kappa shape index (κ3) is 3.76. The molecule has 1 amide bonds. The van der Waals surface area contributed by atoms with E-state index in [9.17, 15) is 20.2 Å². The Balaban J connectivity index is 2.32. The van der Waals surface area contributed by atoms with Gasteiger partial charge in [-0.05, 0) is 20.1 Å². The number of anilines is 1. The summed E-state index contributed by atoms with van der Waals surface area (Å²) in [7, 11) is 0. The number of amides is 1. The average Bonchev–Trinajstić information content (AvgIpc) is 2.60. The standard InChI is InChI=1S/C15H19N5O4S/c1-4-24-15(21)19-7-5-18(6-8-19)14-11(9-16)13(25-3)12(20(22)23)10(2)17-14/h4-8H2,1-3H3. The molecule has 9 nitrogen and oxygen atoms in total. The molecule has 0 aromatic carbocycles. The number of nitriles is 1. The van der Waals surface area contributed by atoms with Gasteiger partial charge in [-0.3, -0.25) is 10.1 Å². The molecule has 1 aromatic rings. The largest absolute Gasteiger partial charge is 0.450 e. The summed E-state index contributed by atoms with van der Waals surface area (Å²) in [6.07, 6.45) is 1.34. The van der Waals surface area contributed by atoms with E-state index in [1.807, 2.05) is 4.90 Å². The van der Waals surface area contributed by atoms with Gasteiger partial charge in [0.1, 0.15) is 28.0 Å². The summed E-state index contributed by atoms with van der Waals surface area (Å²) < 4.78 is 4.99. The summed E-state index contributed by atoms with van der Waals surface area (Å²) in [6.45, 7) is 5.47. The smallest absolute Gasteiger partial charge is 0.409 e. The van der Waals surface area contributed by atoms with E-state index >= 15 is 0 Å². The van der Waals surface area contributed by atoms with Crippen LogP contribution in [0, 0.1) is 28.4 Å². The first kappa shape index (κ1) is 18.8. The Labute approximate surface area is 149 Å². The molecule has 1 aliphatic heterocycles. The number of pyridine rings is 1. The van der Waals surface area contributed by atoms with Crippen molar-refractivity contribution in [2.45, 2.75) is 18.7 Å². The van der Waals surface area contributed by atoms with Crippen molar-refractivity contribution < 1.29 is 14.5 Å². The van der Waals surface area contributed by atoms with Gasteiger partial charge in [0.15, 0.2) is 0 Å². The number of aryl methyl sites for hydroxylation is 1. The van der Waals surface area contributed by atoms with Crippen molar-refractivity contribution in [2.24, 2.45) is 0 Å². The van der Waals surface area contributed by atoms with Gasteiger partial charge >= 0.3 is 11.8 Å². The van der Waals surface area contributed by atoms with Crippen LogP contribution in [-0.2, 0) is 4.74 Å². The monoisotopic (exact) mass is 365 g/mol. The van der Waals surface area contributed by atoms with E-state index in [0.717, 1.165) is 11.8 Å². The highest BCUT2D eigenvalue weighted by molar-refractivity contribution is 7.98. The number of aromatic nitrogens is 1. The van der Waals surface area contributed by atoms with Crippen LogP contribution in [-0.4, -0.2) is 59.9 Å². The highest BCUT2D eigenvalue weighted by Crippen LogP contribution is 2.37. The number of nitro groups is 1. The molecule has 1 aliphatic rings. The quantitative estimate of drug-likeness (QED) is 0.453. The summed E-state index contributed by atoms with van der Waals surface area (Å²) in [4.78, 5) is 30.7. The molecule has 0 spiro atoms. The fraction of sp³-hybridized carbons (Fsp3) is 0.533. The van der Waals surface area contributed by atoms with Crippen LogP contribution in [0.15, 0.2) is 4.90 Å². The van der Waals surface area contributed by atoms with Gasteiger partial charge in [-0.25, -0.2) is 9.78 Å². The van der Waals surface area contributed by atoms with Crippen molar-refractivity contribution in [1.29, 1.82) is 5.26 Å². The Morgan fingerprint density at radius 2 is 2.08 bits per heavy atom. The second-order valence-electron chi connectivity index (χ2n) is 5.32. The lowest BCUT2D eigenvalue weighted by Crippen LogP contribution is -2.49. The van der Waals surface area contributed by atoms with Gasteiger partial charge in [0.05, 0.1) is 11.5 Å². The normalized spacial score (nSPS) is 14.2. The second-order valence-corrected chi connectivity index (χ2v) is 6.14. The fourth-order valence-corrected chi connectivity index (χ4v) is 3.47. The SMILES string of the molecule is CCOC(=O)N1CCN(c2nc(C)c([N+](=O)[O-])c(SC)c2C#N)CC1. The third-order valence-corrected chi connectivity index (χ3v) is 4.69. The minimum Gasteiger partial charge on any atom is -0.450 e. The van der Waals surface area contributed by atoms with Crippen LogP contribution >= 0.6 is 11.8 Å². The number of carbonyl (C=O) groups excluding carboxylic acids is 1. The zero-order valence-electron chi connectivity index (χ0n) is 14.3. The third-order valence-electron chi connectivity index (χ3n) is 3.89. The molecule has 0 atom stereocenters. The van der Waals surface area contributed by atoms with Crippen molar-refractivity contribution in [3.8, 4) is 6.07 Å². The van der Waals surface area contributed by atoms with Crippen molar-refractivity contribution in [1.82, 2.24) is 9.88 Å². The lowest BCUT2D eigenvalue weighted by Gasteiger charge is -2.35. The summed E-state index contributed by atoms with van der Waals surface area (Å²) in [6, 6.07) is 2.05. The van der Waals surface area contributed by atoms with Gasteiger partial charge < -0.3 is 14.5 Å². The van der Waals surface area contributed by atoms with Gasteiger partial charge in [-0.15, -0.1) is 11.8 Å². The van der Waals surface area contributed by atoms with E-state index in [4.69, 9.17) is 4.74 Å². The van der Waals surface area contributed by atoms with Gasteiger partial charge in [-0.2, -0.15) is 5.26 Å². The van der Waals surface area contributed by atoms with Crippen LogP contribution in [0.4, 0.5) is 16.3 Å². The first-order chi connectivity index (χ1) is 11.9. The van der Waals surface area contributed by atoms with E-state index < -0.39 is 4.92 Å². The van der Waals surface area contributed by atoms with Crippen LogP contribution in [0.3, 0.4) is 0 Å². The molecular formula is C15H19N5O4S. The summed E-state index contributed by atoms with van der Waals surface area (Å²) >= 11 is 1.16. The number of nitrogens with zero attached hydrogens (tertiary/aromatic N) is 5. The summed E-state index contributed by atoms with van der Waals surface area (Å²) in [5.74, 6) is 0.429. The molecule has 0 aliphatic carbocycles. The molecule has 1 saturated heterocycles. The molecule has 0 unspecified atom stereocenters. The van der Waals surface area contributed by atoms with E-state index in [1.165, 1.54) is 0 Å². The van der Waals surface area contributed by atoms with Crippen molar-refractivity contribution in [3.05, 3.63) is 21.4 Å². The minimum absolute atomic E-state index is 0.127. The molecule has 10 heteroatoms. The van der Waals surface area contributed by atoms with Crippen molar-refractivity contribution in [3.63, 3.8) is 0 Å². The predicted molar refractivity (Wildman–Crippen MR) is 92.9 cm³/mol. The summed E-state index contributed by atoms with van der Waals surface area (Å²) in [5, 5.41) is 20.8. The van der Waals surface area contributed by atoms with Crippen LogP contribution in [0.25, 0.3) is 0 Å². The van der Waals surface area contributed by atoms with Gasteiger partial charge in [-0.1, -0.05) is 0 Å². The minimum atomic E-state index is -0.503. The molecular weight excluding hydrogens is 346 g/mol. The Bertz CT molecular complexity index is 726. The maximum Gasteiger partial charge on any atom is 0.409 e. The molecule has 2 heterocycles. The number of piperazine rings is 1. The molecule has 0 N–H and O–H groups in total. The number of thioether (sulfide) groups is 1. The van der Waals surface area contributed by atoms with Crippen molar-refractivity contribution in [2.75, 3.05) is 43.9 Å². The second kappa shape index (κ2) is 8.02. The van der Waals surface area contributed by atoms with Crippen LogP contribution < -0.4 is 4.90 Å². The lowest BCUT2D eigenvalue weighted by atomic mass is 10.2. The molecule has 134 valence electrons. The zero-order chi connectivity index (χ0) is 18.6. The number of hydrogen-bond donors (Lipinski definition) is 0. The molecule has 0 radical (unpaired) electrons. The first-order valence-electron chi connectivity index (χ1n) is 7.74. The van der Waals surface area contributed by atoms with Crippen molar-refractivity contribution >= 4 is 29.4 Å². The summed E-state index contributed by atoms with van der Waals surface area (Å²) in [5.41, 5.74) is 0.350. The van der Waals surface area contributed by atoms with Crippen LogP contribution in [0.1, 0.15) is 18.2 Å². The maximum absolute atomic E-state index is 11.8. The molecule has 0 saturated carbocycles.